The summed E-state index contributed by atoms with van der Waals surface area (Å²) in [5.74, 6) is 1.50. The van der Waals surface area contributed by atoms with Gasteiger partial charge in [-0.15, -0.1) is 0 Å². The molecule has 3 aliphatic rings. The molecular formula is C31H38N2O3. The molecule has 3 aliphatic heterocycles. The smallest absolute Gasteiger partial charge is 0.161 e. The zero-order valence-electron chi connectivity index (χ0n) is 21.4. The van der Waals surface area contributed by atoms with Crippen molar-refractivity contribution in [1.29, 1.82) is 0 Å². The van der Waals surface area contributed by atoms with Gasteiger partial charge in [-0.2, -0.15) is 0 Å². The van der Waals surface area contributed by atoms with Crippen LogP contribution < -0.4 is 9.47 Å². The summed E-state index contributed by atoms with van der Waals surface area (Å²) < 4.78 is 11.1. The van der Waals surface area contributed by atoms with E-state index >= 15 is 0 Å². The summed E-state index contributed by atoms with van der Waals surface area (Å²) in [4.78, 5) is 4.92. The highest BCUT2D eigenvalue weighted by molar-refractivity contribution is 5.44. The summed E-state index contributed by atoms with van der Waals surface area (Å²) in [5.41, 5.74) is 6.76. The van der Waals surface area contributed by atoms with Gasteiger partial charge in [0.15, 0.2) is 11.5 Å². The summed E-state index contributed by atoms with van der Waals surface area (Å²) in [6.45, 7) is 9.82. The Morgan fingerprint density at radius 3 is 1.81 bits per heavy atom. The highest BCUT2D eigenvalue weighted by Gasteiger charge is 2.20. The lowest BCUT2D eigenvalue weighted by atomic mass is 10.1. The van der Waals surface area contributed by atoms with Crippen molar-refractivity contribution in [3.05, 3.63) is 94.5 Å². The van der Waals surface area contributed by atoms with E-state index in [0.717, 1.165) is 49.8 Å². The third kappa shape index (κ3) is 6.09. The van der Waals surface area contributed by atoms with Crippen LogP contribution in [-0.4, -0.2) is 41.2 Å². The van der Waals surface area contributed by atoms with Crippen molar-refractivity contribution < 1.29 is 14.6 Å². The Hall–Kier alpha value is -2.86. The molecule has 0 aliphatic carbocycles. The summed E-state index contributed by atoms with van der Waals surface area (Å²) >= 11 is 0. The van der Waals surface area contributed by atoms with Gasteiger partial charge >= 0.3 is 0 Å². The van der Waals surface area contributed by atoms with Crippen LogP contribution in [0.2, 0.25) is 0 Å². The van der Waals surface area contributed by atoms with E-state index in [1.807, 2.05) is 18.2 Å². The minimum Gasteiger partial charge on any atom is -0.486 e. The number of aliphatic hydroxyl groups excluding tert-OH is 1. The molecular weight excluding hydrogens is 448 g/mol. The predicted octanol–water partition coefficient (Wildman–Crippen LogP) is 5.70. The number of nitrogens with zero attached hydrogens (tertiary/aromatic N) is 2. The van der Waals surface area contributed by atoms with Gasteiger partial charge in [0, 0.05) is 32.7 Å². The van der Waals surface area contributed by atoms with Crippen LogP contribution in [0.1, 0.15) is 60.1 Å². The number of aliphatic hydroxyl groups is 1. The van der Waals surface area contributed by atoms with Crippen molar-refractivity contribution >= 4 is 0 Å². The minimum atomic E-state index is -0.477. The summed E-state index contributed by atoms with van der Waals surface area (Å²) in [6, 6.07) is 23.1. The fraction of sp³-hybridized carbons (Fsp3) is 0.419. The summed E-state index contributed by atoms with van der Waals surface area (Å²) in [6.07, 6.45) is 2.86. The molecule has 190 valence electrons. The third-order valence-electron chi connectivity index (χ3n) is 7.31. The van der Waals surface area contributed by atoms with Gasteiger partial charge in [0.2, 0.25) is 0 Å². The molecule has 0 radical (unpaired) electrons. The van der Waals surface area contributed by atoms with Crippen LogP contribution in [-0.2, 0) is 26.2 Å². The second-order valence-corrected chi connectivity index (χ2v) is 10.0. The molecule has 1 unspecified atom stereocenters. The number of hydrogen-bond acceptors (Lipinski definition) is 5. The van der Waals surface area contributed by atoms with Crippen molar-refractivity contribution in [2.24, 2.45) is 0 Å². The molecule has 3 aromatic rings. The first-order valence-corrected chi connectivity index (χ1v) is 13.4. The average molecular weight is 487 g/mol. The van der Waals surface area contributed by atoms with Crippen LogP contribution in [0.4, 0.5) is 0 Å². The Morgan fingerprint density at radius 1 is 0.722 bits per heavy atom. The molecule has 0 spiro atoms. The van der Waals surface area contributed by atoms with E-state index in [1.54, 1.807) is 0 Å². The van der Waals surface area contributed by atoms with E-state index in [4.69, 9.17) is 9.47 Å². The summed E-state index contributed by atoms with van der Waals surface area (Å²) in [7, 11) is 0. The second kappa shape index (κ2) is 11.9. The Bertz CT molecular complexity index is 1100. The van der Waals surface area contributed by atoms with Crippen molar-refractivity contribution in [1.82, 2.24) is 9.80 Å². The second-order valence-electron chi connectivity index (χ2n) is 10.0. The number of rotatable bonds is 7. The van der Waals surface area contributed by atoms with Gasteiger partial charge in [0.05, 0.1) is 6.10 Å². The molecule has 1 atom stereocenters. The first-order valence-electron chi connectivity index (χ1n) is 13.4. The lowest BCUT2D eigenvalue weighted by Gasteiger charge is -2.21. The maximum Gasteiger partial charge on any atom is 0.161 e. The molecule has 0 saturated carbocycles. The maximum atomic E-state index is 10.5. The standard InChI is InChI=1S/C19H21NO3.C12H17N/c21-17(14-5-6-18-19(11-14)23-10-9-22-18)7-8-20-12-15-3-1-2-4-16(15)13-20;1-2-3-8-13-9-11-6-4-5-7-12(11)10-13/h1-6,11,17,21H,7-10,12-13H2;4-7H,2-3,8-10H2,1H3. The van der Waals surface area contributed by atoms with Crippen LogP contribution in [0.15, 0.2) is 66.7 Å². The Balaban J connectivity index is 0.000000174. The molecule has 0 bridgehead atoms. The Morgan fingerprint density at radius 2 is 1.25 bits per heavy atom. The molecule has 5 heteroatoms. The third-order valence-corrected chi connectivity index (χ3v) is 7.31. The molecule has 3 heterocycles. The first-order chi connectivity index (χ1) is 17.7. The Labute approximate surface area is 215 Å². The van der Waals surface area contributed by atoms with Crippen molar-refractivity contribution in [2.75, 3.05) is 26.3 Å². The molecule has 0 saturated heterocycles. The SMILES string of the molecule is CCCCN1Cc2ccccc2C1.OC(CCN1Cc2ccccc2C1)c1ccc2c(c1)OCCO2. The maximum absolute atomic E-state index is 10.5. The van der Waals surface area contributed by atoms with Gasteiger partial charge in [0.25, 0.3) is 0 Å². The molecule has 36 heavy (non-hydrogen) atoms. The van der Waals surface area contributed by atoms with Crippen LogP contribution in [0.3, 0.4) is 0 Å². The fourth-order valence-corrected chi connectivity index (χ4v) is 5.24. The van der Waals surface area contributed by atoms with E-state index in [9.17, 15) is 5.11 Å². The highest BCUT2D eigenvalue weighted by Crippen LogP contribution is 2.33. The molecule has 3 aromatic carbocycles. The molecule has 0 fully saturated rings. The average Bonchev–Trinajstić information content (AvgIpc) is 3.54. The number of hydrogen-bond donors (Lipinski definition) is 1. The van der Waals surface area contributed by atoms with Gasteiger partial charge in [-0.05, 0) is 59.3 Å². The van der Waals surface area contributed by atoms with E-state index in [1.165, 1.54) is 41.6 Å². The number of benzene rings is 3. The number of unbranched alkanes of at least 4 members (excludes halogenated alkanes) is 1. The lowest BCUT2D eigenvalue weighted by Crippen LogP contribution is -2.20. The topological polar surface area (TPSA) is 45.2 Å². The zero-order valence-corrected chi connectivity index (χ0v) is 21.4. The van der Waals surface area contributed by atoms with Crippen LogP contribution in [0, 0.1) is 0 Å². The first kappa shape index (κ1) is 24.8. The van der Waals surface area contributed by atoms with Crippen molar-refractivity contribution in [3.63, 3.8) is 0 Å². The molecule has 0 amide bonds. The van der Waals surface area contributed by atoms with E-state index in [0.29, 0.717) is 19.6 Å². The zero-order chi connectivity index (χ0) is 24.7. The molecule has 6 rings (SSSR count). The quantitative estimate of drug-likeness (QED) is 0.464. The Kier molecular flexibility index (Phi) is 8.22. The van der Waals surface area contributed by atoms with Crippen molar-refractivity contribution in [2.45, 2.75) is 58.5 Å². The largest absolute Gasteiger partial charge is 0.486 e. The summed E-state index contributed by atoms with van der Waals surface area (Å²) in [5, 5.41) is 10.5. The van der Waals surface area contributed by atoms with Gasteiger partial charge in [-0.25, -0.2) is 0 Å². The van der Waals surface area contributed by atoms with Crippen LogP contribution in [0.25, 0.3) is 0 Å². The van der Waals surface area contributed by atoms with Crippen molar-refractivity contribution in [3.8, 4) is 11.5 Å². The van der Waals surface area contributed by atoms with Gasteiger partial charge in [-0.3, -0.25) is 9.80 Å². The highest BCUT2D eigenvalue weighted by atomic mass is 16.6. The van der Waals surface area contributed by atoms with Gasteiger partial charge in [0.1, 0.15) is 13.2 Å². The molecule has 1 N–H and O–H groups in total. The lowest BCUT2D eigenvalue weighted by molar-refractivity contribution is 0.139. The monoisotopic (exact) mass is 486 g/mol. The minimum absolute atomic E-state index is 0.477. The molecule has 0 aromatic heterocycles. The van der Waals surface area contributed by atoms with E-state index in [-0.39, 0.29) is 0 Å². The van der Waals surface area contributed by atoms with Crippen LogP contribution in [0.5, 0.6) is 11.5 Å². The fourth-order valence-electron chi connectivity index (χ4n) is 5.24. The van der Waals surface area contributed by atoms with E-state index < -0.39 is 6.10 Å². The predicted molar refractivity (Wildman–Crippen MR) is 143 cm³/mol. The molecule has 5 nitrogen and oxygen atoms in total. The van der Waals surface area contributed by atoms with Crippen LogP contribution >= 0.6 is 0 Å². The van der Waals surface area contributed by atoms with Gasteiger partial charge < -0.3 is 14.6 Å². The number of ether oxygens (including phenoxy) is 2. The number of fused-ring (bicyclic) bond motifs is 3. The van der Waals surface area contributed by atoms with Gasteiger partial charge in [-0.1, -0.05) is 67.9 Å². The van der Waals surface area contributed by atoms with E-state index in [2.05, 4.69) is 65.3 Å². The normalized spacial score (nSPS) is 17.2.